The van der Waals surface area contributed by atoms with Crippen LogP contribution in [0.4, 0.5) is 5.69 Å². The molecule has 0 aliphatic carbocycles. The minimum atomic E-state index is -0.169. The smallest absolute Gasteiger partial charge is 0.251 e. The van der Waals surface area contributed by atoms with Gasteiger partial charge in [0, 0.05) is 42.7 Å². The van der Waals surface area contributed by atoms with Crippen molar-refractivity contribution in [3.05, 3.63) is 83.2 Å². The largest absolute Gasteiger partial charge is 0.348 e. The molecule has 2 heterocycles. The number of carbonyl (C=O) groups excluding carboxylic acids is 2. The fourth-order valence-corrected chi connectivity index (χ4v) is 3.62. The zero-order chi connectivity index (χ0) is 21.1. The highest BCUT2D eigenvalue weighted by molar-refractivity contribution is 6.00. The van der Waals surface area contributed by atoms with E-state index in [0.717, 1.165) is 34.5 Å². The highest BCUT2D eigenvalue weighted by Gasteiger charge is 2.23. The number of aromatic nitrogens is 1. The summed E-state index contributed by atoms with van der Waals surface area (Å²) in [5.74, 6) is -0.0643. The number of hydrogen-bond donors (Lipinski definition) is 1. The number of benzene rings is 2. The highest BCUT2D eigenvalue weighted by Crippen LogP contribution is 2.30. The van der Waals surface area contributed by atoms with Crippen molar-refractivity contribution >= 4 is 17.5 Å². The number of amides is 2. The summed E-state index contributed by atoms with van der Waals surface area (Å²) in [5.41, 5.74) is 6.32. The first-order chi connectivity index (χ1) is 14.5. The Balaban J connectivity index is 1.64. The third-order valence-corrected chi connectivity index (χ3v) is 5.38. The Morgan fingerprint density at radius 2 is 1.83 bits per heavy atom. The van der Waals surface area contributed by atoms with Crippen molar-refractivity contribution in [2.75, 3.05) is 11.4 Å². The average molecular weight is 399 g/mol. The van der Waals surface area contributed by atoms with Crippen molar-refractivity contribution < 1.29 is 9.59 Å². The first kappa shape index (κ1) is 19.8. The normalized spacial score (nSPS) is 13.5. The van der Waals surface area contributed by atoms with Crippen LogP contribution in [0.5, 0.6) is 0 Å². The van der Waals surface area contributed by atoms with Crippen LogP contribution in [-0.4, -0.2) is 23.3 Å². The molecule has 0 atom stereocenters. The topological polar surface area (TPSA) is 62.3 Å². The van der Waals surface area contributed by atoms with Crippen molar-refractivity contribution in [1.29, 1.82) is 0 Å². The van der Waals surface area contributed by atoms with Crippen LogP contribution < -0.4 is 10.2 Å². The minimum Gasteiger partial charge on any atom is -0.348 e. The standard InChI is InChI=1S/C25H25N3O2/c1-17-5-9-20(10-6-17)21-12-22(14-23(13-21)28-11-3-4-24(28)29)25(30)27-16-19-8-7-18(2)26-15-19/h5-10,12-15H,3-4,11,16H2,1-2H3,(H,27,30). The van der Waals surface area contributed by atoms with E-state index in [4.69, 9.17) is 0 Å². The van der Waals surface area contributed by atoms with Gasteiger partial charge in [0.2, 0.25) is 5.91 Å². The Morgan fingerprint density at radius 1 is 1.03 bits per heavy atom. The second-order valence-corrected chi connectivity index (χ2v) is 7.77. The molecule has 0 saturated carbocycles. The van der Waals surface area contributed by atoms with Crippen molar-refractivity contribution in [2.24, 2.45) is 0 Å². The molecule has 0 radical (unpaired) electrons. The van der Waals surface area contributed by atoms with Crippen LogP contribution >= 0.6 is 0 Å². The molecule has 1 aromatic heterocycles. The maximum absolute atomic E-state index is 12.9. The number of aryl methyl sites for hydroxylation is 2. The lowest BCUT2D eigenvalue weighted by molar-refractivity contribution is -0.117. The summed E-state index contributed by atoms with van der Waals surface area (Å²) in [6, 6.07) is 17.8. The van der Waals surface area contributed by atoms with Crippen LogP contribution in [0, 0.1) is 13.8 Å². The number of rotatable bonds is 5. The fraction of sp³-hybridized carbons (Fsp3) is 0.240. The molecule has 0 unspecified atom stereocenters. The number of nitrogens with zero attached hydrogens (tertiary/aromatic N) is 2. The van der Waals surface area contributed by atoms with Gasteiger partial charge in [0.1, 0.15) is 0 Å². The minimum absolute atomic E-state index is 0.105. The molecule has 152 valence electrons. The summed E-state index contributed by atoms with van der Waals surface area (Å²) in [7, 11) is 0. The first-order valence-electron chi connectivity index (χ1n) is 10.2. The number of anilines is 1. The maximum Gasteiger partial charge on any atom is 0.251 e. The van der Waals surface area contributed by atoms with Crippen molar-refractivity contribution in [2.45, 2.75) is 33.2 Å². The monoisotopic (exact) mass is 399 g/mol. The number of carbonyl (C=O) groups is 2. The molecule has 4 rings (SSSR count). The second kappa shape index (κ2) is 8.49. The third kappa shape index (κ3) is 4.40. The molecule has 30 heavy (non-hydrogen) atoms. The summed E-state index contributed by atoms with van der Waals surface area (Å²) in [6.45, 7) is 5.06. The predicted octanol–water partition coefficient (Wildman–Crippen LogP) is 4.42. The van der Waals surface area contributed by atoms with Crippen molar-refractivity contribution in [3.8, 4) is 11.1 Å². The molecule has 1 aliphatic rings. The molecule has 5 heteroatoms. The fourth-order valence-electron chi connectivity index (χ4n) is 3.62. The molecule has 3 aromatic rings. The van der Waals surface area contributed by atoms with E-state index >= 15 is 0 Å². The van der Waals surface area contributed by atoms with Crippen LogP contribution in [-0.2, 0) is 11.3 Å². The number of pyridine rings is 1. The SMILES string of the molecule is Cc1ccc(-c2cc(C(=O)NCc3ccc(C)nc3)cc(N3CCCC3=O)c2)cc1. The van der Waals surface area contributed by atoms with Crippen LogP contribution in [0.3, 0.4) is 0 Å². The maximum atomic E-state index is 12.9. The van der Waals surface area contributed by atoms with Gasteiger partial charge in [-0.15, -0.1) is 0 Å². The van der Waals surface area contributed by atoms with E-state index in [0.29, 0.717) is 25.1 Å². The van der Waals surface area contributed by atoms with Crippen LogP contribution in [0.1, 0.15) is 40.0 Å². The van der Waals surface area contributed by atoms with Crippen molar-refractivity contribution in [3.63, 3.8) is 0 Å². The third-order valence-electron chi connectivity index (χ3n) is 5.38. The van der Waals surface area contributed by atoms with E-state index in [1.165, 1.54) is 5.56 Å². The lowest BCUT2D eigenvalue weighted by Gasteiger charge is -2.18. The van der Waals surface area contributed by atoms with E-state index < -0.39 is 0 Å². The van der Waals surface area contributed by atoms with E-state index in [9.17, 15) is 9.59 Å². The molecule has 1 N–H and O–H groups in total. The summed E-state index contributed by atoms with van der Waals surface area (Å²) in [4.78, 5) is 31.3. The average Bonchev–Trinajstić information content (AvgIpc) is 3.19. The molecule has 1 fully saturated rings. The van der Waals surface area contributed by atoms with Gasteiger partial charge in [0.15, 0.2) is 0 Å². The Hall–Kier alpha value is -3.47. The van der Waals surface area contributed by atoms with Gasteiger partial charge in [0.05, 0.1) is 0 Å². The molecule has 1 saturated heterocycles. The molecule has 0 spiro atoms. The lowest BCUT2D eigenvalue weighted by Crippen LogP contribution is -2.26. The van der Waals surface area contributed by atoms with Gasteiger partial charge in [-0.05, 0) is 61.2 Å². The zero-order valence-corrected chi connectivity index (χ0v) is 17.3. The molecular formula is C25H25N3O2. The zero-order valence-electron chi connectivity index (χ0n) is 17.3. The molecule has 2 aromatic carbocycles. The van der Waals surface area contributed by atoms with Gasteiger partial charge < -0.3 is 10.2 Å². The van der Waals surface area contributed by atoms with Gasteiger partial charge in [-0.1, -0.05) is 35.9 Å². The Kier molecular flexibility index (Phi) is 5.61. The van der Waals surface area contributed by atoms with E-state index in [2.05, 4.69) is 10.3 Å². The summed E-state index contributed by atoms with van der Waals surface area (Å²) in [6.07, 6.45) is 3.17. The second-order valence-electron chi connectivity index (χ2n) is 7.77. The quantitative estimate of drug-likeness (QED) is 0.691. The van der Waals surface area contributed by atoms with E-state index in [1.54, 1.807) is 11.1 Å². The first-order valence-corrected chi connectivity index (χ1v) is 10.2. The highest BCUT2D eigenvalue weighted by atomic mass is 16.2. The van der Waals surface area contributed by atoms with Crippen LogP contribution in [0.25, 0.3) is 11.1 Å². The number of hydrogen-bond acceptors (Lipinski definition) is 3. The predicted molar refractivity (Wildman–Crippen MR) is 118 cm³/mol. The van der Waals surface area contributed by atoms with Crippen LogP contribution in [0.2, 0.25) is 0 Å². The van der Waals surface area contributed by atoms with E-state index in [-0.39, 0.29) is 11.8 Å². The summed E-state index contributed by atoms with van der Waals surface area (Å²) in [5, 5.41) is 2.97. The van der Waals surface area contributed by atoms with Gasteiger partial charge in [-0.3, -0.25) is 14.6 Å². The molecule has 5 nitrogen and oxygen atoms in total. The van der Waals surface area contributed by atoms with Gasteiger partial charge >= 0.3 is 0 Å². The van der Waals surface area contributed by atoms with E-state index in [1.807, 2.05) is 68.4 Å². The van der Waals surface area contributed by atoms with Gasteiger partial charge in [-0.25, -0.2) is 0 Å². The Bertz CT molecular complexity index is 1070. The van der Waals surface area contributed by atoms with Crippen molar-refractivity contribution in [1.82, 2.24) is 10.3 Å². The van der Waals surface area contributed by atoms with Crippen LogP contribution in [0.15, 0.2) is 60.8 Å². The lowest BCUT2D eigenvalue weighted by atomic mass is 10.00. The Labute approximate surface area is 176 Å². The Morgan fingerprint density at radius 3 is 2.50 bits per heavy atom. The molecule has 1 aliphatic heterocycles. The molecule has 0 bridgehead atoms. The molecular weight excluding hydrogens is 374 g/mol. The number of nitrogens with one attached hydrogen (secondary N) is 1. The molecule has 2 amide bonds. The van der Waals surface area contributed by atoms with Gasteiger partial charge in [-0.2, -0.15) is 0 Å². The van der Waals surface area contributed by atoms with Gasteiger partial charge in [0.25, 0.3) is 5.91 Å². The summed E-state index contributed by atoms with van der Waals surface area (Å²) < 4.78 is 0. The summed E-state index contributed by atoms with van der Waals surface area (Å²) >= 11 is 0.